The largest absolute Gasteiger partial charge is 0.139 e. The molecule has 0 spiro atoms. The third kappa shape index (κ3) is 4.89. The smallest absolute Gasteiger partial charge is 0.0870 e. The molecule has 28 heavy (non-hydrogen) atoms. The first-order valence-corrected chi connectivity index (χ1v) is 13.5. The zero-order valence-corrected chi connectivity index (χ0v) is 21.5. The van der Waals surface area contributed by atoms with Crippen LogP contribution in [0.1, 0.15) is 98.6 Å². The third-order valence-corrected chi connectivity index (χ3v) is 10.7. The van der Waals surface area contributed by atoms with Crippen molar-refractivity contribution in [1.29, 1.82) is 0 Å². The summed E-state index contributed by atoms with van der Waals surface area (Å²) in [7, 11) is 0. The molecule has 4 rings (SSSR count). The molecule has 0 N–H and O–H groups in total. The molecule has 4 heteroatoms. The summed E-state index contributed by atoms with van der Waals surface area (Å²) in [5.41, 5.74) is 0. The monoisotopic (exact) mass is 448 g/mol. The average Bonchev–Trinajstić information content (AvgIpc) is 3.32. The Morgan fingerprint density at radius 1 is 0.464 bits per heavy atom. The number of hydrogen-bond donors (Lipinski definition) is 0. The van der Waals surface area contributed by atoms with Crippen molar-refractivity contribution in [1.82, 2.24) is 0 Å². The fourth-order valence-corrected chi connectivity index (χ4v) is 7.80. The zero-order valence-electron chi connectivity index (χ0n) is 18.3. The maximum Gasteiger partial charge on any atom is 0.0870 e. The second-order valence-corrected chi connectivity index (χ2v) is 13.3. The van der Waals surface area contributed by atoms with Gasteiger partial charge in [-0.2, -0.15) is 0 Å². The molecule has 4 heterocycles. The van der Waals surface area contributed by atoms with Gasteiger partial charge in [0.25, 0.3) is 0 Å². The predicted molar refractivity (Wildman–Crippen MR) is 136 cm³/mol. The molecule has 4 aromatic heterocycles. The molecule has 0 nitrogen and oxygen atoms in total. The maximum atomic E-state index is 2.36. The zero-order chi connectivity index (χ0) is 20.6. The van der Waals surface area contributed by atoms with Crippen LogP contribution in [0.5, 0.6) is 0 Å². The Labute approximate surface area is 186 Å². The van der Waals surface area contributed by atoms with Gasteiger partial charge in [0.2, 0.25) is 0 Å². The van der Waals surface area contributed by atoms with Crippen molar-refractivity contribution in [2.24, 2.45) is 0 Å². The topological polar surface area (TPSA) is 0 Å². The van der Waals surface area contributed by atoms with E-state index in [2.05, 4.69) is 79.7 Å². The van der Waals surface area contributed by atoms with Crippen LogP contribution >= 0.6 is 45.3 Å². The highest BCUT2D eigenvalue weighted by molar-refractivity contribution is 7.38. The molecule has 0 saturated heterocycles. The van der Waals surface area contributed by atoms with Gasteiger partial charge in [0.15, 0.2) is 0 Å². The number of rotatable bonds is 4. The summed E-state index contributed by atoms with van der Waals surface area (Å²) in [6, 6.07) is 9.43. The third-order valence-electron chi connectivity index (χ3n) is 4.77. The summed E-state index contributed by atoms with van der Waals surface area (Å²) in [6.07, 6.45) is 0. The van der Waals surface area contributed by atoms with E-state index in [9.17, 15) is 0 Å². The summed E-state index contributed by atoms with van der Waals surface area (Å²) >= 11 is 7.83. The first kappa shape index (κ1) is 22.0. The van der Waals surface area contributed by atoms with E-state index in [1.807, 2.05) is 45.3 Å². The van der Waals surface area contributed by atoms with Crippen LogP contribution in [0.3, 0.4) is 0 Å². The molecule has 0 atom stereocenters. The van der Waals surface area contributed by atoms with Gasteiger partial charge in [0.05, 0.1) is 4.01 Å². The number of thiophene rings is 4. The minimum absolute atomic E-state index is 0.669. The molecular weight excluding hydrogens is 417 g/mol. The minimum atomic E-state index is 0.669. The van der Waals surface area contributed by atoms with E-state index in [-0.39, 0.29) is 0 Å². The standard InChI is InChI=1S/2C12H16S2/c1-7(2)9-5-11-12(13-9)6-10(14-11)8(3)4;1-7(2)10-5-9-6-11(8(3)4)14-12(9)13-10/h2*5-8H,1-4H3. The lowest BCUT2D eigenvalue weighted by molar-refractivity contribution is 0.888. The number of hydrogen-bond acceptors (Lipinski definition) is 4. The molecular formula is C24H32S4. The fourth-order valence-electron chi connectivity index (χ4n) is 2.89. The van der Waals surface area contributed by atoms with E-state index in [4.69, 9.17) is 0 Å². The van der Waals surface area contributed by atoms with Gasteiger partial charge in [-0.1, -0.05) is 55.4 Å². The van der Waals surface area contributed by atoms with Gasteiger partial charge in [0, 0.05) is 34.3 Å². The maximum absolute atomic E-state index is 2.36. The van der Waals surface area contributed by atoms with Crippen LogP contribution in [-0.4, -0.2) is 0 Å². The molecule has 0 unspecified atom stereocenters. The highest BCUT2D eigenvalue weighted by atomic mass is 32.2. The Morgan fingerprint density at radius 2 is 0.786 bits per heavy atom. The quantitative estimate of drug-likeness (QED) is 0.291. The van der Waals surface area contributed by atoms with Crippen molar-refractivity contribution in [2.75, 3.05) is 0 Å². The molecule has 0 aliphatic carbocycles. The molecule has 0 amide bonds. The highest BCUT2D eigenvalue weighted by Crippen LogP contribution is 2.39. The van der Waals surface area contributed by atoms with Gasteiger partial charge in [-0.15, -0.1) is 45.3 Å². The van der Waals surface area contributed by atoms with E-state index in [0.29, 0.717) is 23.7 Å². The van der Waals surface area contributed by atoms with E-state index in [1.165, 1.54) is 38.3 Å². The van der Waals surface area contributed by atoms with Crippen LogP contribution in [0.25, 0.3) is 18.8 Å². The Hall–Kier alpha value is -0.680. The van der Waals surface area contributed by atoms with Crippen LogP contribution in [0.15, 0.2) is 24.3 Å². The SMILES string of the molecule is CC(C)c1cc2cc(C(C)C)sc2s1.CC(C)c1cc2sc(C(C)C)cc2s1. The first-order chi connectivity index (χ1) is 13.2. The molecule has 4 aromatic rings. The lowest BCUT2D eigenvalue weighted by Crippen LogP contribution is -1.79. The molecule has 0 aromatic carbocycles. The summed E-state index contributed by atoms with van der Waals surface area (Å²) in [4.78, 5) is 6.06. The van der Waals surface area contributed by atoms with Gasteiger partial charge >= 0.3 is 0 Å². The highest BCUT2D eigenvalue weighted by Gasteiger charge is 2.11. The van der Waals surface area contributed by atoms with Gasteiger partial charge in [-0.3, -0.25) is 0 Å². The molecule has 0 radical (unpaired) electrons. The van der Waals surface area contributed by atoms with Gasteiger partial charge < -0.3 is 0 Å². The Morgan fingerprint density at radius 3 is 1.07 bits per heavy atom. The minimum Gasteiger partial charge on any atom is -0.139 e. The molecule has 0 bridgehead atoms. The summed E-state index contributed by atoms with van der Waals surface area (Å²) in [5.74, 6) is 2.67. The molecule has 0 saturated carbocycles. The van der Waals surface area contributed by atoms with Gasteiger partial charge in [0.1, 0.15) is 0 Å². The van der Waals surface area contributed by atoms with Crippen LogP contribution in [0.2, 0.25) is 0 Å². The Kier molecular flexibility index (Phi) is 7.07. The Balaban J connectivity index is 0.000000161. The summed E-state index contributed by atoms with van der Waals surface area (Å²) in [6.45, 7) is 18.1. The van der Waals surface area contributed by atoms with Crippen LogP contribution in [0.4, 0.5) is 0 Å². The molecule has 152 valence electrons. The average molecular weight is 449 g/mol. The van der Waals surface area contributed by atoms with Crippen molar-refractivity contribution in [2.45, 2.75) is 79.1 Å². The molecule has 0 aliphatic heterocycles. The lowest BCUT2D eigenvalue weighted by atomic mass is 10.1. The van der Waals surface area contributed by atoms with Gasteiger partial charge in [-0.25, -0.2) is 0 Å². The van der Waals surface area contributed by atoms with Gasteiger partial charge in [-0.05, 0) is 47.9 Å². The van der Waals surface area contributed by atoms with E-state index in [0.717, 1.165) is 0 Å². The summed E-state index contributed by atoms with van der Waals surface area (Å²) < 4.78 is 4.45. The Bertz CT molecular complexity index is 811. The fraction of sp³-hybridized carbons (Fsp3) is 0.500. The van der Waals surface area contributed by atoms with E-state index >= 15 is 0 Å². The van der Waals surface area contributed by atoms with Crippen LogP contribution in [0, 0.1) is 0 Å². The second-order valence-electron chi connectivity index (χ2n) is 8.69. The lowest BCUT2D eigenvalue weighted by Gasteiger charge is -1.99. The molecule has 0 aliphatic rings. The first-order valence-electron chi connectivity index (χ1n) is 10.2. The summed E-state index contributed by atoms with van der Waals surface area (Å²) in [5, 5.41) is 1.45. The predicted octanol–water partition coefficient (Wildman–Crippen LogP) is 10.4. The van der Waals surface area contributed by atoms with E-state index < -0.39 is 0 Å². The van der Waals surface area contributed by atoms with Crippen molar-refractivity contribution in [3.63, 3.8) is 0 Å². The normalized spacial score (nSPS) is 12.1. The van der Waals surface area contributed by atoms with E-state index in [1.54, 1.807) is 0 Å². The van der Waals surface area contributed by atoms with Crippen molar-refractivity contribution in [3.05, 3.63) is 43.8 Å². The van der Waals surface area contributed by atoms with Crippen molar-refractivity contribution in [3.8, 4) is 0 Å². The van der Waals surface area contributed by atoms with Crippen molar-refractivity contribution < 1.29 is 0 Å². The molecule has 0 fully saturated rings. The number of fused-ring (bicyclic) bond motifs is 2. The second kappa shape index (κ2) is 8.99. The van der Waals surface area contributed by atoms with Crippen molar-refractivity contribution >= 4 is 64.1 Å². The van der Waals surface area contributed by atoms with Crippen LogP contribution in [-0.2, 0) is 0 Å². The van der Waals surface area contributed by atoms with Crippen LogP contribution < -0.4 is 0 Å².